The Labute approximate surface area is 117 Å². The van der Waals surface area contributed by atoms with Crippen LogP contribution in [0.1, 0.15) is 0 Å². The third kappa shape index (κ3) is 2.75. The minimum absolute atomic E-state index is 0.0945. The summed E-state index contributed by atoms with van der Waals surface area (Å²) in [6, 6.07) is 8.10. The summed E-state index contributed by atoms with van der Waals surface area (Å²) < 4.78 is 0. The first-order chi connectivity index (χ1) is 8.59. The maximum atomic E-state index is 11.0. The fourth-order valence-electron chi connectivity index (χ4n) is 1.31. The topological polar surface area (TPSA) is 56.0 Å². The van der Waals surface area contributed by atoms with Crippen molar-refractivity contribution in [1.29, 1.82) is 0 Å². The molecule has 92 valence electrons. The molecular weight excluding hydrogens is 295 g/mol. The maximum Gasteiger partial charge on any atom is 0.301 e. The average molecular weight is 301 g/mol. The molecule has 0 aliphatic carbocycles. The van der Waals surface area contributed by atoms with E-state index in [-0.39, 0.29) is 10.7 Å². The second-order valence-electron chi connectivity index (χ2n) is 3.24. The number of nitro benzene ring substituents is 1. The van der Waals surface area contributed by atoms with Gasteiger partial charge in [-0.2, -0.15) is 0 Å². The number of nitro groups is 1. The summed E-state index contributed by atoms with van der Waals surface area (Å²) in [5.41, 5.74) is -0.133. The molecule has 1 heterocycles. The average Bonchev–Trinajstić information content (AvgIpc) is 2.31. The van der Waals surface area contributed by atoms with Gasteiger partial charge in [0.15, 0.2) is 0 Å². The van der Waals surface area contributed by atoms with E-state index in [4.69, 9.17) is 23.2 Å². The van der Waals surface area contributed by atoms with E-state index in [2.05, 4.69) is 4.98 Å². The Kier molecular flexibility index (Phi) is 4.06. The van der Waals surface area contributed by atoms with Crippen molar-refractivity contribution in [2.45, 2.75) is 9.92 Å². The number of hydrogen-bond acceptors (Lipinski definition) is 4. The Balaban J connectivity index is 2.44. The summed E-state index contributed by atoms with van der Waals surface area (Å²) in [6.07, 6.45) is 1.57. The zero-order chi connectivity index (χ0) is 13.1. The first kappa shape index (κ1) is 13.1. The minimum atomic E-state index is -0.512. The molecule has 0 aliphatic heterocycles. The van der Waals surface area contributed by atoms with Gasteiger partial charge in [-0.1, -0.05) is 41.0 Å². The number of rotatable bonds is 3. The number of halogens is 2. The summed E-state index contributed by atoms with van der Waals surface area (Å²) in [6.45, 7) is 0. The van der Waals surface area contributed by atoms with Crippen LogP contribution in [0.3, 0.4) is 0 Å². The molecule has 0 aliphatic rings. The molecule has 1 aromatic carbocycles. The van der Waals surface area contributed by atoms with E-state index < -0.39 is 4.92 Å². The van der Waals surface area contributed by atoms with Gasteiger partial charge in [-0.3, -0.25) is 10.1 Å². The summed E-state index contributed by atoms with van der Waals surface area (Å²) >= 11 is 12.9. The summed E-state index contributed by atoms with van der Waals surface area (Å²) in [5.74, 6) is 0. The molecule has 2 rings (SSSR count). The van der Waals surface area contributed by atoms with Gasteiger partial charge in [0.1, 0.15) is 10.0 Å². The number of aromatic nitrogens is 1. The number of nitrogens with zero attached hydrogens (tertiary/aromatic N) is 2. The van der Waals surface area contributed by atoms with E-state index in [9.17, 15) is 10.1 Å². The van der Waals surface area contributed by atoms with Crippen molar-refractivity contribution in [1.82, 2.24) is 4.98 Å². The Morgan fingerprint density at radius 2 is 1.89 bits per heavy atom. The molecule has 0 unspecified atom stereocenters. The maximum absolute atomic E-state index is 11.0. The van der Waals surface area contributed by atoms with Gasteiger partial charge in [-0.25, -0.2) is 4.98 Å². The van der Waals surface area contributed by atoms with Crippen molar-refractivity contribution in [2.75, 3.05) is 0 Å². The second kappa shape index (κ2) is 5.56. The van der Waals surface area contributed by atoms with Crippen LogP contribution in [0.5, 0.6) is 0 Å². The Morgan fingerprint density at radius 1 is 1.17 bits per heavy atom. The van der Waals surface area contributed by atoms with Crippen molar-refractivity contribution in [3.05, 3.63) is 56.7 Å². The van der Waals surface area contributed by atoms with Crippen LogP contribution in [-0.2, 0) is 0 Å². The Hall–Kier alpha value is -1.30. The van der Waals surface area contributed by atoms with Gasteiger partial charge in [0.25, 0.3) is 0 Å². The van der Waals surface area contributed by atoms with Crippen molar-refractivity contribution in [3.8, 4) is 0 Å². The largest absolute Gasteiger partial charge is 0.301 e. The molecule has 0 fully saturated rings. The molecular formula is C11H6Cl2N2O2S. The highest BCUT2D eigenvalue weighted by atomic mass is 35.5. The lowest BCUT2D eigenvalue weighted by molar-refractivity contribution is -0.387. The fourth-order valence-corrected chi connectivity index (χ4v) is 2.76. The molecule has 0 saturated heterocycles. The van der Waals surface area contributed by atoms with Crippen LogP contribution in [0.2, 0.25) is 10.0 Å². The fraction of sp³-hybridized carbons (Fsp3) is 0. The van der Waals surface area contributed by atoms with Crippen LogP contribution in [0, 0.1) is 10.1 Å². The molecule has 0 bridgehead atoms. The summed E-state index contributed by atoms with van der Waals surface area (Å²) in [4.78, 5) is 14.9. The van der Waals surface area contributed by atoms with Gasteiger partial charge < -0.3 is 0 Å². The van der Waals surface area contributed by atoms with E-state index in [1.54, 1.807) is 30.5 Å². The number of hydrogen-bond donors (Lipinski definition) is 0. The molecule has 2 aromatic rings. The van der Waals surface area contributed by atoms with E-state index in [1.165, 1.54) is 6.07 Å². The third-order valence-electron chi connectivity index (χ3n) is 2.06. The van der Waals surface area contributed by atoms with Crippen LogP contribution in [-0.4, -0.2) is 9.91 Å². The van der Waals surface area contributed by atoms with Gasteiger partial charge in [-0.15, -0.1) is 0 Å². The van der Waals surface area contributed by atoms with E-state index in [1.807, 2.05) is 0 Å². The lowest BCUT2D eigenvalue weighted by Gasteiger charge is -2.04. The summed E-state index contributed by atoms with van der Waals surface area (Å²) in [5, 5.41) is 12.0. The van der Waals surface area contributed by atoms with Crippen LogP contribution in [0.25, 0.3) is 0 Å². The van der Waals surface area contributed by atoms with Crippen LogP contribution >= 0.6 is 35.0 Å². The highest BCUT2D eigenvalue weighted by Gasteiger charge is 2.20. The first-order valence-corrected chi connectivity index (χ1v) is 6.38. The molecule has 0 radical (unpaired) electrons. The number of pyridine rings is 1. The SMILES string of the molecule is O=[N+]([O-])c1c(Cl)cccc1Sc1ncccc1Cl. The van der Waals surface area contributed by atoms with Crippen molar-refractivity contribution in [3.63, 3.8) is 0 Å². The predicted molar refractivity (Wildman–Crippen MR) is 71.5 cm³/mol. The van der Waals surface area contributed by atoms with Crippen LogP contribution in [0.4, 0.5) is 5.69 Å². The molecule has 0 amide bonds. The monoisotopic (exact) mass is 300 g/mol. The van der Waals surface area contributed by atoms with Crippen LogP contribution < -0.4 is 0 Å². The molecule has 0 atom stereocenters. The van der Waals surface area contributed by atoms with Gasteiger partial charge in [0, 0.05) is 6.20 Å². The Morgan fingerprint density at radius 3 is 2.56 bits per heavy atom. The Bertz CT molecular complexity index is 607. The van der Waals surface area contributed by atoms with Gasteiger partial charge >= 0.3 is 5.69 Å². The van der Waals surface area contributed by atoms with Crippen molar-refractivity contribution < 1.29 is 4.92 Å². The molecule has 1 aromatic heterocycles. The molecule has 7 heteroatoms. The highest BCUT2D eigenvalue weighted by Crippen LogP contribution is 2.39. The molecule has 0 saturated carbocycles. The zero-order valence-corrected chi connectivity index (χ0v) is 11.2. The van der Waals surface area contributed by atoms with Gasteiger partial charge in [0.05, 0.1) is 14.8 Å². The molecule has 0 spiro atoms. The smallest absolute Gasteiger partial charge is 0.258 e. The summed E-state index contributed by atoms with van der Waals surface area (Å²) in [7, 11) is 0. The van der Waals surface area contributed by atoms with Crippen molar-refractivity contribution >= 4 is 40.7 Å². The minimum Gasteiger partial charge on any atom is -0.258 e. The first-order valence-electron chi connectivity index (χ1n) is 4.81. The third-order valence-corrected chi connectivity index (χ3v) is 3.85. The second-order valence-corrected chi connectivity index (χ2v) is 5.08. The van der Waals surface area contributed by atoms with Crippen molar-refractivity contribution in [2.24, 2.45) is 0 Å². The molecule has 4 nitrogen and oxygen atoms in total. The molecule has 0 N–H and O–H groups in total. The predicted octanol–water partition coefficient (Wildman–Crippen LogP) is 4.45. The number of benzene rings is 1. The van der Waals surface area contributed by atoms with E-state index >= 15 is 0 Å². The van der Waals surface area contributed by atoms with E-state index in [0.717, 1.165) is 11.8 Å². The van der Waals surface area contributed by atoms with E-state index in [0.29, 0.717) is 14.9 Å². The van der Waals surface area contributed by atoms with Crippen LogP contribution in [0.15, 0.2) is 46.5 Å². The lowest BCUT2D eigenvalue weighted by Crippen LogP contribution is -1.92. The zero-order valence-electron chi connectivity index (χ0n) is 8.84. The van der Waals surface area contributed by atoms with Gasteiger partial charge in [0.2, 0.25) is 0 Å². The highest BCUT2D eigenvalue weighted by molar-refractivity contribution is 7.99. The quantitative estimate of drug-likeness (QED) is 0.621. The lowest BCUT2D eigenvalue weighted by atomic mass is 10.3. The normalized spacial score (nSPS) is 10.3. The molecule has 18 heavy (non-hydrogen) atoms. The van der Waals surface area contributed by atoms with Gasteiger partial charge in [-0.05, 0) is 24.3 Å². The standard InChI is InChI=1S/C11H6Cl2N2O2S/c12-7-3-1-5-9(10(7)15(16)17)18-11-8(13)4-2-6-14-11/h1-6H. The number of para-hydroxylation sites is 1.